The number of likely N-dealkylation sites (N-methyl/N-ethyl adjacent to an activating group) is 1. The Bertz CT molecular complexity index is 423. The lowest BCUT2D eigenvalue weighted by Gasteiger charge is -2.34. The summed E-state index contributed by atoms with van der Waals surface area (Å²) in [6.45, 7) is 5.01. The van der Waals surface area contributed by atoms with Crippen molar-refractivity contribution in [3.63, 3.8) is 0 Å². The van der Waals surface area contributed by atoms with Gasteiger partial charge in [-0.3, -0.25) is 4.79 Å². The number of aliphatic hydroxyl groups is 1. The summed E-state index contributed by atoms with van der Waals surface area (Å²) in [5.41, 5.74) is -0.306. The van der Waals surface area contributed by atoms with E-state index in [1.54, 1.807) is 6.92 Å². The van der Waals surface area contributed by atoms with Gasteiger partial charge in [0, 0.05) is 26.2 Å². The molecule has 104 valence electrons. The van der Waals surface area contributed by atoms with Crippen molar-refractivity contribution in [3.05, 3.63) is 35.9 Å². The normalized spacial score (nSPS) is 20.1. The average Bonchev–Trinajstić information content (AvgIpc) is 2.40. The summed E-state index contributed by atoms with van der Waals surface area (Å²) in [4.78, 5) is 16.3. The van der Waals surface area contributed by atoms with Gasteiger partial charge in [-0.25, -0.2) is 0 Å². The molecule has 0 aromatic heterocycles. The van der Waals surface area contributed by atoms with Crippen LogP contribution < -0.4 is 0 Å². The van der Waals surface area contributed by atoms with Gasteiger partial charge < -0.3 is 14.9 Å². The minimum atomic E-state index is -1.10. The predicted octanol–water partition coefficient (Wildman–Crippen LogP) is 1.06. The van der Waals surface area contributed by atoms with Gasteiger partial charge in [0.2, 0.25) is 5.91 Å². The molecule has 2 rings (SSSR count). The van der Waals surface area contributed by atoms with Crippen LogP contribution in [0.25, 0.3) is 0 Å². The highest BCUT2D eigenvalue weighted by molar-refractivity contribution is 5.77. The van der Waals surface area contributed by atoms with Gasteiger partial charge in [0.05, 0.1) is 12.0 Å². The van der Waals surface area contributed by atoms with Crippen molar-refractivity contribution in [2.75, 3.05) is 33.2 Å². The van der Waals surface area contributed by atoms with E-state index < -0.39 is 5.60 Å². The summed E-state index contributed by atoms with van der Waals surface area (Å²) in [5.74, 6) is 0.0296. The lowest BCUT2D eigenvalue weighted by atomic mass is 9.92. The predicted molar refractivity (Wildman–Crippen MR) is 74.7 cm³/mol. The molecule has 1 aromatic carbocycles. The highest BCUT2D eigenvalue weighted by atomic mass is 16.3. The monoisotopic (exact) mass is 262 g/mol. The molecule has 1 atom stereocenters. The third kappa shape index (κ3) is 3.55. The molecule has 1 aromatic rings. The molecule has 1 aliphatic heterocycles. The molecule has 1 aliphatic rings. The van der Waals surface area contributed by atoms with Crippen LogP contribution >= 0.6 is 0 Å². The fraction of sp³-hybridized carbons (Fsp3) is 0.533. The van der Waals surface area contributed by atoms with E-state index in [9.17, 15) is 9.90 Å². The quantitative estimate of drug-likeness (QED) is 0.886. The highest BCUT2D eigenvalue weighted by Gasteiger charge is 2.29. The number of rotatable bonds is 3. The van der Waals surface area contributed by atoms with E-state index >= 15 is 0 Å². The summed E-state index contributed by atoms with van der Waals surface area (Å²) < 4.78 is 0. The number of carbonyl (C=O) groups excluding carboxylic acids is 1. The molecule has 0 bridgehead atoms. The first-order valence-electron chi connectivity index (χ1n) is 6.73. The van der Waals surface area contributed by atoms with Crippen LogP contribution in [-0.2, 0) is 10.4 Å². The maximum Gasteiger partial charge on any atom is 0.225 e. The zero-order chi connectivity index (χ0) is 13.9. The van der Waals surface area contributed by atoms with E-state index in [-0.39, 0.29) is 12.3 Å². The van der Waals surface area contributed by atoms with Crippen LogP contribution in [0.2, 0.25) is 0 Å². The van der Waals surface area contributed by atoms with Crippen LogP contribution in [0.15, 0.2) is 30.3 Å². The standard InChI is InChI=1S/C15H22N2O2/c1-15(19,13-6-4-3-5-7-13)12-14(18)17-10-8-16(2)9-11-17/h3-7,19H,8-12H2,1-2H3. The van der Waals surface area contributed by atoms with Gasteiger partial charge >= 0.3 is 0 Å². The molecule has 0 saturated carbocycles. The Hall–Kier alpha value is -1.39. The van der Waals surface area contributed by atoms with Crippen molar-refractivity contribution in [1.29, 1.82) is 0 Å². The van der Waals surface area contributed by atoms with E-state index in [1.165, 1.54) is 0 Å². The second-order valence-corrected chi connectivity index (χ2v) is 5.50. The first-order chi connectivity index (χ1) is 8.99. The molecule has 1 heterocycles. The SMILES string of the molecule is CN1CCN(C(=O)CC(C)(O)c2ccccc2)CC1. The van der Waals surface area contributed by atoms with Crippen LogP contribution in [-0.4, -0.2) is 54.0 Å². The molecule has 1 saturated heterocycles. The fourth-order valence-electron chi connectivity index (χ4n) is 2.36. The van der Waals surface area contributed by atoms with E-state index in [0.717, 1.165) is 31.7 Å². The highest BCUT2D eigenvalue weighted by Crippen LogP contribution is 2.25. The van der Waals surface area contributed by atoms with Crippen LogP contribution in [0.4, 0.5) is 0 Å². The Morgan fingerprint density at radius 1 is 1.21 bits per heavy atom. The van der Waals surface area contributed by atoms with Crippen LogP contribution in [0.5, 0.6) is 0 Å². The fourth-order valence-corrected chi connectivity index (χ4v) is 2.36. The number of hydrogen-bond acceptors (Lipinski definition) is 3. The summed E-state index contributed by atoms with van der Waals surface area (Å²) >= 11 is 0. The van der Waals surface area contributed by atoms with Crippen molar-refractivity contribution >= 4 is 5.91 Å². The maximum absolute atomic E-state index is 12.2. The molecule has 1 unspecified atom stereocenters. The molecule has 4 heteroatoms. The van der Waals surface area contributed by atoms with E-state index in [0.29, 0.717) is 0 Å². The first kappa shape index (κ1) is 14.0. The van der Waals surface area contributed by atoms with Gasteiger partial charge in [-0.2, -0.15) is 0 Å². The minimum Gasteiger partial charge on any atom is -0.385 e. The van der Waals surface area contributed by atoms with Gasteiger partial charge in [0.25, 0.3) is 0 Å². The molecule has 19 heavy (non-hydrogen) atoms. The molecule has 0 aliphatic carbocycles. The molecule has 1 N–H and O–H groups in total. The number of amides is 1. The van der Waals surface area contributed by atoms with Gasteiger partial charge in [-0.1, -0.05) is 30.3 Å². The Balaban J connectivity index is 1.98. The van der Waals surface area contributed by atoms with Crippen LogP contribution in [0.1, 0.15) is 18.9 Å². The lowest BCUT2D eigenvalue weighted by molar-refractivity contribution is -0.137. The second kappa shape index (κ2) is 5.72. The topological polar surface area (TPSA) is 43.8 Å². The minimum absolute atomic E-state index is 0.0296. The van der Waals surface area contributed by atoms with E-state index in [1.807, 2.05) is 35.2 Å². The van der Waals surface area contributed by atoms with Crippen molar-refractivity contribution in [1.82, 2.24) is 9.80 Å². The van der Waals surface area contributed by atoms with Crippen molar-refractivity contribution in [2.45, 2.75) is 18.9 Å². The third-order valence-corrected chi connectivity index (χ3v) is 3.75. The lowest BCUT2D eigenvalue weighted by Crippen LogP contribution is -2.48. The Kier molecular flexibility index (Phi) is 4.22. The van der Waals surface area contributed by atoms with Crippen molar-refractivity contribution < 1.29 is 9.90 Å². The number of carbonyl (C=O) groups is 1. The summed E-state index contributed by atoms with van der Waals surface area (Å²) in [6.07, 6.45) is 0.140. The number of piperazine rings is 1. The zero-order valence-electron chi connectivity index (χ0n) is 11.7. The number of nitrogens with zero attached hydrogens (tertiary/aromatic N) is 2. The zero-order valence-corrected chi connectivity index (χ0v) is 11.7. The first-order valence-corrected chi connectivity index (χ1v) is 6.73. The van der Waals surface area contributed by atoms with E-state index in [4.69, 9.17) is 0 Å². The molecule has 1 amide bonds. The van der Waals surface area contributed by atoms with E-state index in [2.05, 4.69) is 11.9 Å². The summed E-state index contributed by atoms with van der Waals surface area (Å²) in [7, 11) is 2.06. The van der Waals surface area contributed by atoms with Gasteiger partial charge in [-0.15, -0.1) is 0 Å². The van der Waals surface area contributed by atoms with Crippen LogP contribution in [0, 0.1) is 0 Å². The largest absolute Gasteiger partial charge is 0.385 e. The third-order valence-electron chi connectivity index (χ3n) is 3.75. The molecular formula is C15H22N2O2. The molecular weight excluding hydrogens is 240 g/mol. The number of benzene rings is 1. The maximum atomic E-state index is 12.2. The van der Waals surface area contributed by atoms with Crippen molar-refractivity contribution in [3.8, 4) is 0 Å². The Morgan fingerprint density at radius 2 is 1.79 bits per heavy atom. The van der Waals surface area contributed by atoms with Crippen molar-refractivity contribution in [2.24, 2.45) is 0 Å². The average molecular weight is 262 g/mol. The Morgan fingerprint density at radius 3 is 2.37 bits per heavy atom. The second-order valence-electron chi connectivity index (χ2n) is 5.50. The smallest absolute Gasteiger partial charge is 0.225 e. The van der Waals surface area contributed by atoms with Gasteiger partial charge in [0.15, 0.2) is 0 Å². The molecule has 0 radical (unpaired) electrons. The van der Waals surface area contributed by atoms with Gasteiger partial charge in [-0.05, 0) is 19.5 Å². The molecule has 0 spiro atoms. The number of hydrogen-bond donors (Lipinski definition) is 1. The Labute approximate surface area is 114 Å². The van der Waals surface area contributed by atoms with Gasteiger partial charge in [0.1, 0.15) is 0 Å². The summed E-state index contributed by atoms with van der Waals surface area (Å²) in [6, 6.07) is 9.38. The molecule has 4 nitrogen and oxygen atoms in total. The molecule has 1 fully saturated rings. The van der Waals surface area contributed by atoms with Crippen LogP contribution in [0.3, 0.4) is 0 Å². The summed E-state index contributed by atoms with van der Waals surface area (Å²) in [5, 5.41) is 10.5.